The SMILES string of the molecule is CC(O)(c1ccc(S(=O)(=O)c2ccc(C#N)c3ccccc23)cc1)C(F)(F)F. The number of fused-ring (bicyclic) bond motifs is 1. The molecule has 0 spiro atoms. The predicted molar refractivity (Wildman–Crippen MR) is 96.2 cm³/mol. The summed E-state index contributed by atoms with van der Waals surface area (Å²) in [6, 6.07) is 15.1. The van der Waals surface area contributed by atoms with Gasteiger partial charge in [-0.15, -0.1) is 0 Å². The molecule has 1 atom stereocenters. The predicted octanol–water partition coefficient (Wildman–Crippen LogP) is 4.31. The van der Waals surface area contributed by atoms with Crippen molar-refractivity contribution in [2.75, 3.05) is 0 Å². The van der Waals surface area contributed by atoms with Crippen LogP contribution in [0.1, 0.15) is 18.1 Å². The molecule has 0 amide bonds. The summed E-state index contributed by atoms with van der Waals surface area (Å²) in [5, 5.41) is 19.7. The van der Waals surface area contributed by atoms with Crippen LogP contribution in [0.3, 0.4) is 0 Å². The van der Waals surface area contributed by atoms with Gasteiger partial charge in [0, 0.05) is 10.8 Å². The molecule has 3 aromatic carbocycles. The number of sulfone groups is 1. The Hall–Kier alpha value is -2.89. The van der Waals surface area contributed by atoms with Gasteiger partial charge in [0.05, 0.1) is 21.4 Å². The highest BCUT2D eigenvalue weighted by atomic mass is 32.2. The molecular formula is C20H14F3NO3S. The van der Waals surface area contributed by atoms with E-state index in [1.807, 2.05) is 6.07 Å². The van der Waals surface area contributed by atoms with Crippen molar-refractivity contribution < 1.29 is 26.7 Å². The number of nitriles is 1. The van der Waals surface area contributed by atoms with E-state index in [9.17, 15) is 32.0 Å². The lowest BCUT2D eigenvalue weighted by molar-refractivity contribution is -0.258. The molecular weight excluding hydrogens is 391 g/mol. The van der Waals surface area contributed by atoms with E-state index >= 15 is 0 Å². The van der Waals surface area contributed by atoms with Crippen LogP contribution >= 0.6 is 0 Å². The molecule has 0 bridgehead atoms. The van der Waals surface area contributed by atoms with Crippen LogP contribution in [0.2, 0.25) is 0 Å². The Bertz CT molecular complexity index is 1190. The lowest BCUT2D eigenvalue weighted by Crippen LogP contribution is -2.39. The molecule has 0 heterocycles. The maximum Gasteiger partial charge on any atom is 0.421 e. The lowest BCUT2D eigenvalue weighted by Gasteiger charge is -2.26. The Kier molecular flexibility index (Phi) is 4.69. The number of halogens is 3. The van der Waals surface area contributed by atoms with Crippen LogP contribution in [-0.4, -0.2) is 19.7 Å². The number of aliphatic hydroxyl groups is 1. The minimum absolute atomic E-state index is 0.0579. The molecule has 3 rings (SSSR count). The average molecular weight is 405 g/mol. The van der Waals surface area contributed by atoms with Gasteiger partial charge in [0.15, 0.2) is 5.60 Å². The Labute approximate surface area is 159 Å². The summed E-state index contributed by atoms with van der Waals surface area (Å²) >= 11 is 0. The second-order valence-electron chi connectivity index (χ2n) is 6.37. The highest BCUT2D eigenvalue weighted by Crippen LogP contribution is 2.39. The summed E-state index contributed by atoms with van der Waals surface area (Å²) in [4.78, 5) is -0.276. The van der Waals surface area contributed by atoms with E-state index in [1.165, 1.54) is 12.1 Å². The number of nitrogens with zero attached hydrogens (tertiary/aromatic N) is 1. The first kappa shape index (κ1) is 19.9. The van der Waals surface area contributed by atoms with E-state index in [-0.39, 0.29) is 9.79 Å². The van der Waals surface area contributed by atoms with Crippen LogP contribution in [-0.2, 0) is 15.4 Å². The van der Waals surface area contributed by atoms with E-state index in [4.69, 9.17) is 0 Å². The van der Waals surface area contributed by atoms with E-state index in [0.717, 1.165) is 24.3 Å². The van der Waals surface area contributed by atoms with Crippen molar-refractivity contribution in [1.82, 2.24) is 0 Å². The summed E-state index contributed by atoms with van der Waals surface area (Å²) in [5.41, 5.74) is -3.26. The van der Waals surface area contributed by atoms with E-state index in [0.29, 0.717) is 23.3 Å². The molecule has 4 nitrogen and oxygen atoms in total. The molecule has 0 fully saturated rings. The molecule has 144 valence electrons. The Morgan fingerprint density at radius 1 is 0.929 bits per heavy atom. The van der Waals surface area contributed by atoms with Gasteiger partial charge < -0.3 is 5.11 Å². The monoisotopic (exact) mass is 405 g/mol. The third-order valence-corrected chi connectivity index (χ3v) is 6.40. The lowest BCUT2D eigenvalue weighted by atomic mass is 9.96. The summed E-state index contributed by atoms with van der Waals surface area (Å²) in [5.74, 6) is 0. The summed E-state index contributed by atoms with van der Waals surface area (Å²) in [6.07, 6.45) is -4.91. The van der Waals surface area contributed by atoms with Gasteiger partial charge in [-0.25, -0.2) is 8.42 Å². The van der Waals surface area contributed by atoms with Crippen molar-refractivity contribution in [2.45, 2.75) is 28.5 Å². The van der Waals surface area contributed by atoms with E-state index in [2.05, 4.69) is 0 Å². The van der Waals surface area contributed by atoms with Crippen LogP contribution in [0.5, 0.6) is 0 Å². The van der Waals surface area contributed by atoms with Crippen LogP contribution < -0.4 is 0 Å². The van der Waals surface area contributed by atoms with Crippen molar-refractivity contribution in [3.63, 3.8) is 0 Å². The van der Waals surface area contributed by atoms with Crippen LogP contribution in [0.15, 0.2) is 70.5 Å². The van der Waals surface area contributed by atoms with Gasteiger partial charge in [-0.05, 0) is 36.8 Å². The van der Waals surface area contributed by atoms with E-state index < -0.39 is 27.2 Å². The molecule has 0 aromatic heterocycles. The van der Waals surface area contributed by atoms with Crippen molar-refractivity contribution in [3.8, 4) is 6.07 Å². The fraction of sp³-hybridized carbons (Fsp3) is 0.150. The van der Waals surface area contributed by atoms with Gasteiger partial charge in [-0.2, -0.15) is 18.4 Å². The maximum absolute atomic E-state index is 13.0. The number of hydrogen-bond donors (Lipinski definition) is 1. The standard InChI is InChI=1S/C20H14F3NO3S/c1-19(25,20(21,22)23)14-7-9-15(10-8-14)28(26,27)18-11-6-13(12-24)16-4-2-3-5-17(16)18/h2-11,25H,1H3. The van der Waals surface area contributed by atoms with Gasteiger partial charge in [-0.3, -0.25) is 0 Å². The molecule has 0 saturated heterocycles. The second-order valence-corrected chi connectivity index (χ2v) is 8.28. The molecule has 3 aromatic rings. The number of hydrogen-bond acceptors (Lipinski definition) is 4. The first-order valence-electron chi connectivity index (χ1n) is 8.07. The van der Waals surface area contributed by atoms with Crippen molar-refractivity contribution in [2.24, 2.45) is 0 Å². The molecule has 1 unspecified atom stereocenters. The number of rotatable bonds is 3. The van der Waals surface area contributed by atoms with Crippen LogP contribution in [0.25, 0.3) is 10.8 Å². The van der Waals surface area contributed by atoms with Crippen molar-refractivity contribution >= 4 is 20.6 Å². The summed E-state index contributed by atoms with van der Waals surface area (Å²) in [7, 11) is -4.06. The van der Waals surface area contributed by atoms with Crippen LogP contribution in [0.4, 0.5) is 13.2 Å². The van der Waals surface area contributed by atoms with Gasteiger partial charge >= 0.3 is 6.18 Å². The van der Waals surface area contributed by atoms with Gasteiger partial charge in [-0.1, -0.05) is 36.4 Å². The number of alkyl halides is 3. The summed E-state index contributed by atoms with van der Waals surface area (Å²) in [6.45, 7) is 0.602. The zero-order valence-corrected chi connectivity index (χ0v) is 15.3. The molecule has 0 aliphatic rings. The fourth-order valence-corrected chi connectivity index (χ4v) is 4.32. The Morgan fingerprint density at radius 2 is 1.50 bits per heavy atom. The molecule has 0 aliphatic heterocycles. The number of benzene rings is 3. The third-order valence-electron chi connectivity index (χ3n) is 4.57. The van der Waals surface area contributed by atoms with Gasteiger partial charge in [0.2, 0.25) is 9.84 Å². The maximum atomic E-state index is 13.0. The molecule has 0 radical (unpaired) electrons. The summed E-state index contributed by atoms with van der Waals surface area (Å²) < 4.78 is 65.0. The zero-order chi connectivity index (χ0) is 20.7. The van der Waals surface area contributed by atoms with E-state index in [1.54, 1.807) is 24.3 Å². The minimum atomic E-state index is -4.91. The first-order chi connectivity index (χ1) is 13.0. The molecule has 8 heteroatoms. The molecule has 28 heavy (non-hydrogen) atoms. The third kappa shape index (κ3) is 3.13. The molecule has 0 aliphatic carbocycles. The largest absolute Gasteiger partial charge is 0.421 e. The molecule has 1 N–H and O–H groups in total. The Balaban J connectivity index is 2.13. The normalized spacial score (nSPS) is 14.4. The fourth-order valence-electron chi connectivity index (χ4n) is 2.85. The van der Waals surface area contributed by atoms with Gasteiger partial charge in [0.25, 0.3) is 0 Å². The average Bonchev–Trinajstić information content (AvgIpc) is 2.66. The zero-order valence-electron chi connectivity index (χ0n) is 14.5. The van der Waals surface area contributed by atoms with Crippen LogP contribution in [0, 0.1) is 11.3 Å². The first-order valence-corrected chi connectivity index (χ1v) is 9.55. The second kappa shape index (κ2) is 6.62. The highest BCUT2D eigenvalue weighted by Gasteiger charge is 2.51. The Morgan fingerprint density at radius 3 is 2.04 bits per heavy atom. The van der Waals surface area contributed by atoms with Gasteiger partial charge in [0.1, 0.15) is 0 Å². The topological polar surface area (TPSA) is 78.2 Å². The minimum Gasteiger partial charge on any atom is -0.376 e. The van der Waals surface area contributed by atoms with Crippen molar-refractivity contribution in [3.05, 3.63) is 71.8 Å². The molecule has 0 saturated carbocycles. The smallest absolute Gasteiger partial charge is 0.376 e. The van der Waals surface area contributed by atoms with Crippen molar-refractivity contribution in [1.29, 1.82) is 5.26 Å². The highest BCUT2D eigenvalue weighted by molar-refractivity contribution is 7.91. The quantitative estimate of drug-likeness (QED) is 0.704.